The molecular formula is C27H36N4O8. The average molecular weight is 545 g/mol. The van der Waals surface area contributed by atoms with Gasteiger partial charge in [0.25, 0.3) is 5.91 Å². The minimum absolute atomic E-state index is 0.0210. The molecule has 1 aromatic heterocycles. The van der Waals surface area contributed by atoms with Gasteiger partial charge in [0.2, 0.25) is 11.3 Å². The van der Waals surface area contributed by atoms with Crippen LogP contribution in [0.5, 0.6) is 5.75 Å². The van der Waals surface area contributed by atoms with Crippen molar-refractivity contribution in [3.63, 3.8) is 0 Å². The van der Waals surface area contributed by atoms with Gasteiger partial charge in [-0.15, -0.1) is 0 Å². The van der Waals surface area contributed by atoms with Crippen LogP contribution in [0.15, 0.2) is 47.4 Å². The van der Waals surface area contributed by atoms with Gasteiger partial charge in [0.1, 0.15) is 12.2 Å². The van der Waals surface area contributed by atoms with E-state index < -0.39 is 29.3 Å². The number of nitrogens with zero attached hydrogens (tertiary/aromatic N) is 2. The van der Waals surface area contributed by atoms with Crippen LogP contribution in [-0.2, 0) is 25.6 Å². The second-order valence-electron chi connectivity index (χ2n) is 9.97. The summed E-state index contributed by atoms with van der Waals surface area (Å²) in [6.07, 6.45) is 0.660. The predicted molar refractivity (Wildman–Crippen MR) is 142 cm³/mol. The van der Waals surface area contributed by atoms with Crippen LogP contribution in [0.1, 0.15) is 49.7 Å². The lowest BCUT2D eigenvalue weighted by Crippen LogP contribution is -2.46. The number of carbonyl (C=O) groups excluding carboxylic acids is 3. The monoisotopic (exact) mass is 544 g/mol. The fourth-order valence-corrected chi connectivity index (χ4v) is 4.05. The summed E-state index contributed by atoms with van der Waals surface area (Å²) in [7, 11) is 2.96. The molecule has 1 aromatic carbocycles. The Morgan fingerprint density at radius 2 is 1.77 bits per heavy atom. The van der Waals surface area contributed by atoms with Crippen molar-refractivity contribution in [2.45, 2.75) is 58.2 Å². The van der Waals surface area contributed by atoms with E-state index in [4.69, 9.17) is 18.9 Å². The Labute approximate surface area is 227 Å². The lowest BCUT2D eigenvalue weighted by atomic mass is 10.2. The van der Waals surface area contributed by atoms with E-state index >= 15 is 0 Å². The van der Waals surface area contributed by atoms with Gasteiger partial charge in [-0.3, -0.25) is 14.4 Å². The molecule has 0 spiro atoms. The third-order valence-corrected chi connectivity index (χ3v) is 5.93. The van der Waals surface area contributed by atoms with E-state index in [2.05, 4.69) is 10.7 Å². The molecule has 12 nitrogen and oxygen atoms in total. The zero-order chi connectivity index (χ0) is 28.6. The molecule has 0 aliphatic carbocycles. The van der Waals surface area contributed by atoms with E-state index in [9.17, 15) is 19.2 Å². The van der Waals surface area contributed by atoms with Gasteiger partial charge >= 0.3 is 6.09 Å². The van der Waals surface area contributed by atoms with Gasteiger partial charge in [-0.2, -0.15) is 0 Å². The molecule has 1 aliphatic heterocycles. The highest BCUT2D eigenvalue weighted by molar-refractivity contribution is 5.96. The standard InChI is InChI=1S/C27H36N4O8/c1-27(2,3)39-26(35)29-31-14-13-20(32)24(38-17-18-9-7-6-8-10-18)23(31)25(34)28-15-19-11-12-21(33)30(19)16-22(36-4)37-5/h6-10,13-14,19,22H,11-12,15-17H2,1-5H3,(H,28,34)(H,29,35)/t19-/m0/s1. The number of hydrogen-bond donors (Lipinski definition) is 2. The number of benzene rings is 1. The fourth-order valence-electron chi connectivity index (χ4n) is 4.05. The molecule has 0 radical (unpaired) electrons. The number of rotatable bonds is 11. The SMILES string of the molecule is COC(CN1C(=O)CC[C@H]1CNC(=O)c1c(OCc2ccccc2)c(=O)ccn1NC(=O)OC(C)(C)C)OC. The van der Waals surface area contributed by atoms with Gasteiger partial charge in [-0.1, -0.05) is 30.3 Å². The van der Waals surface area contributed by atoms with E-state index in [0.29, 0.717) is 12.8 Å². The summed E-state index contributed by atoms with van der Waals surface area (Å²) < 4.78 is 22.7. The molecule has 1 atom stereocenters. The highest BCUT2D eigenvalue weighted by Gasteiger charge is 2.33. The van der Waals surface area contributed by atoms with E-state index in [1.165, 1.54) is 26.5 Å². The lowest BCUT2D eigenvalue weighted by Gasteiger charge is -2.28. The van der Waals surface area contributed by atoms with Gasteiger partial charge in [0.05, 0.1) is 6.54 Å². The number of pyridine rings is 1. The number of ether oxygens (including phenoxy) is 4. The fraction of sp³-hybridized carbons (Fsp3) is 0.481. The van der Waals surface area contributed by atoms with Crippen LogP contribution in [0.3, 0.4) is 0 Å². The lowest BCUT2D eigenvalue weighted by molar-refractivity contribution is -0.143. The summed E-state index contributed by atoms with van der Waals surface area (Å²) in [4.78, 5) is 52.9. The number of hydrogen-bond acceptors (Lipinski definition) is 8. The van der Waals surface area contributed by atoms with Crippen LogP contribution in [0, 0.1) is 0 Å². The van der Waals surface area contributed by atoms with Crippen molar-refractivity contribution in [1.29, 1.82) is 0 Å². The van der Waals surface area contributed by atoms with Crippen LogP contribution < -0.4 is 20.9 Å². The smallest absolute Gasteiger partial charge is 0.426 e. The maximum Gasteiger partial charge on any atom is 0.426 e. The van der Waals surface area contributed by atoms with Gasteiger partial charge in [0, 0.05) is 45.5 Å². The van der Waals surface area contributed by atoms with Crippen molar-refractivity contribution >= 4 is 17.9 Å². The van der Waals surface area contributed by atoms with Crippen molar-refractivity contribution in [2.24, 2.45) is 0 Å². The van der Waals surface area contributed by atoms with Gasteiger partial charge in [-0.25, -0.2) is 14.9 Å². The minimum atomic E-state index is -0.827. The second-order valence-corrected chi connectivity index (χ2v) is 9.97. The summed E-state index contributed by atoms with van der Waals surface area (Å²) in [6.45, 7) is 5.42. The molecule has 1 saturated heterocycles. The van der Waals surface area contributed by atoms with Gasteiger partial charge in [0.15, 0.2) is 17.7 Å². The van der Waals surface area contributed by atoms with Crippen molar-refractivity contribution < 1.29 is 33.3 Å². The van der Waals surface area contributed by atoms with E-state index in [1.807, 2.05) is 30.3 Å². The van der Waals surface area contributed by atoms with Crippen LogP contribution >= 0.6 is 0 Å². The molecule has 39 heavy (non-hydrogen) atoms. The predicted octanol–water partition coefficient (Wildman–Crippen LogP) is 2.25. The third-order valence-electron chi connectivity index (χ3n) is 5.93. The molecule has 0 saturated carbocycles. The first-order chi connectivity index (χ1) is 18.5. The summed E-state index contributed by atoms with van der Waals surface area (Å²) in [5, 5.41) is 2.78. The highest BCUT2D eigenvalue weighted by atomic mass is 16.7. The number of likely N-dealkylation sites (tertiary alicyclic amines) is 1. The number of nitrogens with one attached hydrogen (secondary N) is 2. The molecule has 212 valence electrons. The van der Waals surface area contributed by atoms with E-state index in [-0.39, 0.29) is 43.1 Å². The van der Waals surface area contributed by atoms with Crippen molar-refractivity contribution in [2.75, 3.05) is 32.7 Å². The van der Waals surface area contributed by atoms with Crippen LogP contribution in [0.25, 0.3) is 0 Å². The Bertz CT molecular complexity index is 1200. The first kappa shape index (κ1) is 29.7. The summed E-state index contributed by atoms with van der Waals surface area (Å²) in [5.41, 5.74) is 1.71. The largest absolute Gasteiger partial charge is 0.482 e. The maximum absolute atomic E-state index is 13.5. The molecule has 3 rings (SSSR count). The number of carbonyl (C=O) groups is 3. The van der Waals surface area contributed by atoms with Gasteiger partial charge in [-0.05, 0) is 32.8 Å². The first-order valence-corrected chi connectivity index (χ1v) is 12.6. The minimum Gasteiger partial charge on any atom is -0.482 e. The molecule has 0 unspecified atom stereocenters. The normalized spacial score (nSPS) is 15.4. The summed E-state index contributed by atoms with van der Waals surface area (Å²) in [5.74, 6) is -1.00. The Morgan fingerprint density at radius 3 is 2.41 bits per heavy atom. The number of aromatic nitrogens is 1. The van der Waals surface area contributed by atoms with Crippen molar-refractivity contribution in [1.82, 2.24) is 14.9 Å². The molecule has 1 fully saturated rings. The van der Waals surface area contributed by atoms with E-state index in [0.717, 1.165) is 10.2 Å². The van der Waals surface area contributed by atoms with Crippen LogP contribution in [-0.4, -0.2) is 72.7 Å². The quantitative estimate of drug-likeness (QED) is 0.411. The zero-order valence-corrected chi connectivity index (χ0v) is 22.9. The summed E-state index contributed by atoms with van der Waals surface area (Å²) in [6, 6.07) is 10.0. The molecule has 2 N–H and O–H groups in total. The number of amides is 3. The molecular weight excluding hydrogens is 508 g/mol. The first-order valence-electron chi connectivity index (χ1n) is 12.6. The van der Waals surface area contributed by atoms with E-state index in [1.54, 1.807) is 25.7 Å². The van der Waals surface area contributed by atoms with Crippen molar-refractivity contribution in [3.8, 4) is 5.75 Å². The molecule has 2 aromatic rings. The maximum atomic E-state index is 13.5. The second kappa shape index (κ2) is 13.3. The Morgan fingerprint density at radius 1 is 1.08 bits per heavy atom. The third kappa shape index (κ3) is 8.29. The van der Waals surface area contributed by atoms with Crippen LogP contribution in [0.2, 0.25) is 0 Å². The number of methoxy groups -OCH3 is 2. The topological polar surface area (TPSA) is 137 Å². The summed E-state index contributed by atoms with van der Waals surface area (Å²) >= 11 is 0. The molecule has 12 heteroatoms. The molecule has 3 amide bonds. The van der Waals surface area contributed by atoms with Gasteiger partial charge < -0.3 is 29.2 Å². The highest BCUT2D eigenvalue weighted by Crippen LogP contribution is 2.20. The molecule has 1 aliphatic rings. The Balaban J connectivity index is 1.86. The molecule has 0 bridgehead atoms. The Kier molecular flexibility index (Phi) is 10.1. The zero-order valence-electron chi connectivity index (χ0n) is 22.9. The Hall–Kier alpha value is -3.90. The van der Waals surface area contributed by atoms with Crippen molar-refractivity contribution in [3.05, 3.63) is 64.1 Å². The average Bonchev–Trinajstić information content (AvgIpc) is 3.23. The van der Waals surface area contributed by atoms with Crippen LogP contribution in [0.4, 0.5) is 4.79 Å². The molecule has 2 heterocycles.